The molecule has 7 heteroatoms. The molecular weight excluding hydrogens is 258 g/mol. The number of amides is 2. The molecule has 0 aromatic rings. The average Bonchev–Trinajstić information content (AvgIpc) is 2.35. The van der Waals surface area contributed by atoms with E-state index in [0.29, 0.717) is 13.2 Å². The Morgan fingerprint density at radius 3 is 2.72 bits per heavy atom. The summed E-state index contributed by atoms with van der Waals surface area (Å²) in [5, 5.41) is 2.49. The first-order chi connectivity index (χ1) is 8.08. The number of nitrogens with zero attached hydrogens (tertiary/aromatic N) is 1. The van der Waals surface area contributed by atoms with Crippen molar-refractivity contribution in [2.45, 2.75) is 32.4 Å². The fourth-order valence-corrected chi connectivity index (χ4v) is 1.84. The summed E-state index contributed by atoms with van der Waals surface area (Å²) in [7, 11) is 0. The second-order valence-electron chi connectivity index (χ2n) is 4.23. The molecule has 2 unspecified atom stereocenters. The molecule has 106 valence electrons. The van der Waals surface area contributed by atoms with Gasteiger partial charge in [0.05, 0.1) is 31.8 Å². The van der Waals surface area contributed by atoms with Gasteiger partial charge in [-0.05, 0) is 13.3 Å². The number of halogens is 1. The van der Waals surface area contributed by atoms with E-state index in [9.17, 15) is 9.59 Å². The van der Waals surface area contributed by atoms with Crippen molar-refractivity contribution in [3.63, 3.8) is 0 Å². The lowest BCUT2D eigenvalue weighted by molar-refractivity contribution is -0.144. The number of carbonyl (C=O) groups excluding carboxylic acids is 2. The average molecular weight is 280 g/mol. The van der Waals surface area contributed by atoms with E-state index in [1.807, 2.05) is 13.8 Å². The van der Waals surface area contributed by atoms with Crippen LogP contribution in [0.25, 0.3) is 0 Å². The summed E-state index contributed by atoms with van der Waals surface area (Å²) in [6, 6.07) is 0.105. The highest BCUT2D eigenvalue weighted by Crippen LogP contribution is 2.14. The van der Waals surface area contributed by atoms with Gasteiger partial charge in [-0.25, -0.2) is 0 Å². The maximum absolute atomic E-state index is 11.9. The summed E-state index contributed by atoms with van der Waals surface area (Å²) >= 11 is 0. The van der Waals surface area contributed by atoms with Crippen LogP contribution in [0.15, 0.2) is 0 Å². The van der Waals surface area contributed by atoms with Crippen LogP contribution in [0.5, 0.6) is 0 Å². The zero-order valence-electron chi connectivity index (χ0n) is 10.8. The zero-order valence-corrected chi connectivity index (χ0v) is 11.7. The number of nitrogens with two attached hydrogens (primary N) is 1. The van der Waals surface area contributed by atoms with Gasteiger partial charge in [0.2, 0.25) is 11.8 Å². The number of hydrogen-bond acceptors (Lipinski definition) is 4. The van der Waals surface area contributed by atoms with Gasteiger partial charge < -0.3 is 20.7 Å². The third-order valence-corrected chi connectivity index (χ3v) is 2.88. The molecule has 0 saturated carbocycles. The van der Waals surface area contributed by atoms with E-state index < -0.39 is 0 Å². The van der Waals surface area contributed by atoms with Gasteiger partial charge in [-0.1, -0.05) is 6.92 Å². The SMILES string of the molecule is CCC1COC(C)CN1C(=O)CNC(=O)CN.Cl. The molecule has 0 spiro atoms. The van der Waals surface area contributed by atoms with Crippen molar-refractivity contribution in [1.82, 2.24) is 10.2 Å². The summed E-state index contributed by atoms with van der Waals surface area (Å²) in [6.45, 7) is 5.01. The molecule has 0 bridgehead atoms. The smallest absolute Gasteiger partial charge is 0.242 e. The fraction of sp³-hybridized carbons (Fsp3) is 0.818. The summed E-state index contributed by atoms with van der Waals surface area (Å²) in [5.41, 5.74) is 5.16. The van der Waals surface area contributed by atoms with Gasteiger partial charge in [0.25, 0.3) is 0 Å². The maximum Gasteiger partial charge on any atom is 0.242 e. The fourth-order valence-electron chi connectivity index (χ4n) is 1.84. The van der Waals surface area contributed by atoms with E-state index in [1.54, 1.807) is 4.90 Å². The second kappa shape index (κ2) is 8.29. The van der Waals surface area contributed by atoms with Crippen LogP contribution >= 0.6 is 12.4 Å². The van der Waals surface area contributed by atoms with Crippen LogP contribution in [0.2, 0.25) is 0 Å². The Morgan fingerprint density at radius 2 is 2.17 bits per heavy atom. The molecule has 1 fully saturated rings. The molecule has 0 aromatic heterocycles. The van der Waals surface area contributed by atoms with Gasteiger partial charge in [-0.15, -0.1) is 12.4 Å². The second-order valence-corrected chi connectivity index (χ2v) is 4.23. The summed E-state index contributed by atoms with van der Waals surface area (Å²) in [6.07, 6.45) is 0.899. The third-order valence-electron chi connectivity index (χ3n) is 2.88. The van der Waals surface area contributed by atoms with Gasteiger partial charge in [0, 0.05) is 6.54 Å². The van der Waals surface area contributed by atoms with Crippen molar-refractivity contribution in [1.29, 1.82) is 0 Å². The molecule has 1 aliphatic heterocycles. The number of carbonyl (C=O) groups is 2. The quantitative estimate of drug-likeness (QED) is 0.727. The Labute approximate surface area is 114 Å². The van der Waals surface area contributed by atoms with E-state index in [0.717, 1.165) is 6.42 Å². The normalized spacial score (nSPS) is 23.2. The van der Waals surface area contributed by atoms with Crippen LogP contribution in [0.4, 0.5) is 0 Å². The highest BCUT2D eigenvalue weighted by molar-refractivity contribution is 5.86. The number of hydrogen-bond donors (Lipinski definition) is 2. The molecule has 1 aliphatic rings. The van der Waals surface area contributed by atoms with Gasteiger partial charge in [-0.3, -0.25) is 9.59 Å². The Kier molecular flexibility index (Phi) is 7.90. The van der Waals surface area contributed by atoms with Crippen molar-refractivity contribution in [2.24, 2.45) is 5.73 Å². The number of rotatable bonds is 4. The van der Waals surface area contributed by atoms with Crippen LogP contribution in [-0.4, -0.2) is 55.1 Å². The molecule has 1 rings (SSSR count). The molecule has 6 nitrogen and oxygen atoms in total. The first-order valence-corrected chi connectivity index (χ1v) is 5.96. The highest BCUT2D eigenvalue weighted by atomic mass is 35.5. The number of morpholine rings is 1. The zero-order chi connectivity index (χ0) is 12.8. The Hall–Kier alpha value is -0.850. The molecule has 0 aliphatic carbocycles. The minimum absolute atomic E-state index is 0. The van der Waals surface area contributed by atoms with Crippen LogP contribution < -0.4 is 11.1 Å². The van der Waals surface area contributed by atoms with Crippen molar-refractivity contribution in [3.8, 4) is 0 Å². The lowest BCUT2D eigenvalue weighted by atomic mass is 10.1. The third kappa shape index (κ3) is 4.80. The first kappa shape index (κ1) is 17.2. The summed E-state index contributed by atoms with van der Waals surface area (Å²) in [5.74, 6) is -0.387. The minimum Gasteiger partial charge on any atom is -0.375 e. The topological polar surface area (TPSA) is 84.7 Å². The molecule has 1 heterocycles. The van der Waals surface area contributed by atoms with Crippen LogP contribution in [0.1, 0.15) is 20.3 Å². The molecule has 18 heavy (non-hydrogen) atoms. The van der Waals surface area contributed by atoms with E-state index >= 15 is 0 Å². The highest BCUT2D eigenvalue weighted by Gasteiger charge is 2.29. The van der Waals surface area contributed by atoms with Crippen LogP contribution in [-0.2, 0) is 14.3 Å². The Balaban J connectivity index is 0.00000289. The predicted molar refractivity (Wildman–Crippen MR) is 70.5 cm³/mol. The standard InChI is InChI=1S/C11H21N3O3.ClH/c1-3-9-7-17-8(2)6-14(9)11(16)5-13-10(15)4-12;/h8-9H,3-7,12H2,1-2H3,(H,13,15);1H. The largest absolute Gasteiger partial charge is 0.375 e. The molecule has 0 radical (unpaired) electrons. The van der Waals surface area contributed by atoms with E-state index in [4.69, 9.17) is 10.5 Å². The Morgan fingerprint density at radius 1 is 1.50 bits per heavy atom. The maximum atomic E-state index is 11.9. The molecule has 3 N–H and O–H groups in total. The number of ether oxygens (including phenoxy) is 1. The van der Waals surface area contributed by atoms with Crippen molar-refractivity contribution < 1.29 is 14.3 Å². The van der Waals surface area contributed by atoms with E-state index in [1.165, 1.54) is 0 Å². The Bertz CT molecular complexity index is 289. The van der Waals surface area contributed by atoms with Crippen molar-refractivity contribution >= 4 is 24.2 Å². The monoisotopic (exact) mass is 279 g/mol. The lowest BCUT2D eigenvalue weighted by Crippen LogP contribution is -2.54. The van der Waals surface area contributed by atoms with E-state index in [-0.39, 0.29) is 49.5 Å². The molecule has 2 atom stereocenters. The van der Waals surface area contributed by atoms with Gasteiger partial charge >= 0.3 is 0 Å². The predicted octanol–water partition coefficient (Wildman–Crippen LogP) is -0.491. The number of nitrogens with one attached hydrogen (secondary N) is 1. The van der Waals surface area contributed by atoms with Crippen LogP contribution in [0.3, 0.4) is 0 Å². The van der Waals surface area contributed by atoms with E-state index in [2.05, 4.69) is 5.32 Å². The lowest BCUT2D eigenvalue weighted by Gasteiger charge is -2.38. The molecule has 2 amide bonds. The molecule has 1 saturated heterocycles. The van der Waals surface area contributed by atoms with Crippen molar-refractivity contribution in [3.05, 3.63) is 0 Å². The molecular formula is C11H22ClN3O3. The summed E-state index contributed by atoms with van der Waals surface area (Å²) < 4.78 is 5.51. The minimum atomic E-state index is -0.312. The van der Waals surface area contributed by atoms with Crippen LogP contribution in [0, 0.1) is 0 Å². The summed E-state index contributed by atoms with van der Waals surface area (Å²) in [4.78, 5) is 24.7. The van der Waals surface area contributed by atoms with Crippen molar-refractivity contribution in [2.75, 3.05) is 26.2 Å². The van der Waals surface area contributed by atoms with Gasteiger partial charge in [0.1, 0.15) is 0 Å². The molecule has 0 aromatic carbocycles. The van der Waals surface area contributed by atoms with Gasteiger partial charge in [-0.2, -0.15) is 0 Å². The van der Waals surface area contributed by atoms with Gasteiger partial charge in [0.15, 0.2) is 0 Å². The first-order valence-electron chi connectivity index (χ1n) is 5.96.